The summed E-state index contributed by atoms with van der Waals surface area (Å²) >= 11 is 7.69. The Kier molecular flexibility index (Phi) is 4.12. The molecule has 0 amide bonds. The summed E-state index contributed by atoms with van der Waals surface area (Å²) < 4.78 is 7.95. The van der Waals surface area contributed by atoms with E-state index in [2.05, 4.69) is 14.5 Å². The van der Waals surface area contributed by atoms with Gasteiger partial charge in [-0.25, -0.2) is 9.97 Å². The number of thiazole rings is 1. The molecular formula is C15H16ClN3OS. The summed E-state index contributed by atoms with van der Waals surface area (Å²) in [4.78, 5) is 8.99. The lowest BCUT2D eigenvalue weighted by molar-refractivity contribution is 0.245. The number of nitrogens with zero attached hydrogens (tertiary/aromatic N) is 3. The van der Waals surface area contributed by atoms with Gasteiger partial charge in [0, 0.05) is 11.6 Å². The van der Waals surface area contributed by atoms with Crippen LogP contribution in [0.2, 0.25) is 0 Å². The topological polar surface area (TPSA) is 39.9 Å². The summed E-state index contributed by atoms with van der Waals surface area (Å²) in [7, 11) is 0. The van der Waals surface area contributed by atoms with Crippen LogP contribution in [-0.2, 0) is 12.4 Å². The monoisotopic (exact) mass is 321 g/mol. The SMILES string of the molecule is CC(C)Oc1cccc2c1nc(CCl)n2Cc1nccs1. The highest BCUT2D eigenvalue weighted by molar-refractivity contribution is 7.09. The first kappa shape index (κ1) is 14.4. The van der Waals surface area contributed by atoms with Gasteiger partial charge in [-0.05, 0) is 26.0 Å². The first-order chi connectivity index (χ1) is 10.2. The Labute approximate surface area is 132 Å². The fourth-order valence-corrected chi connectivity index (χ4v) is 3.07. The van der Waals surface area contributed by atoms with Gasteiger partial charge >= 0.3 is 0 Å². The third-order valence-corrected chi connectivity index (χ3v) is 4.08. The van der Waals surface area contributed by atoms with Crippen molar-refractivity contribution in [2.45, 2.75) is 32.4 Å². The molecule has 3 aromatic rings. The second-order valence-corrected chi connectivity index (χ2v) is 6.21. The molecule has 0 aliphatic heterocycles. The number of fused-ring (bicyclic) bond motifs is 1. The molecule has 3 rings (SSSR count). The molecule has 2 aromatic heterocycles. The van der Waals surface area contributed by atoms with E-state index in [0.29, 0.717) is 12.4 Å². The zero-order chi connectivity index (χ0) is 14.8. The molecule has 0 unspecified atom stereocenters. The van der Waals surface area contributed by atoms with Crippen molar-refractivity contribution in [3.8, 4) is 5.75 Å². The number of ether oxygens (including phenoxy) is 1. The molecule has 2 heterocycles. The third kappa shape index (κ3) is 2.89. The number of hydrogen-bond donors (Lipinski definition) is 0. The van der Waals surface area contributed by atoms with Crippen LogP contribution in [-0.4, -0.2) is 20.6 Å². The van der Waals surface area contributed by atoms with E-state index in [1.165, 1.54) is 0 Å². The molecule has 0 radical (unpaired) electrons. The Morgan fingerprint density at radius 1 is 1.38 bits per heavy atom. The molecule has 4 nitrogen and oxygen atoms in total. The van der Waals surface area contributed by atoms with Crippen molar-refractivity contribution >= 4 is 34.0 Å². The molecular weight excluding hydrogens is 306 g/mol. The summed E-state index contributed by atoms with van der Waals surface area (Å²) in [5.74, 6) is 2.00. The van der Waals surface area contributed by atoms with E-state index >= 15 is 0 Å². The molecule has 0 aliphatic rings. The fourth-order valence-electron chi connectivity index (χ4n) is 2.26. The quantitative estimate of drug-likeness (QED) is 0.665. The highest BCUT2D eigenvalue weighted by atomic mass is 35.5. The van der Waals surface area contributed by atoms with Gasteiger partial charge in [0.25, 0.3) is 0 Å². The number of benzene rings is 1. The van der Waals surface area contributed by atoms with Gasteiger partial charge in [-0.15, -0.1) is 22.9 Å². The van der Waals surface area contributed by atoms with E-state index in [1.807, 2.05) is 43.6 Å². The molecule has 0 aliphatic carbocycles. The molecule has 21 heavy (non-hydrogen) atoms. The summed E-state index contributed by atoms with van der Waals surface area (Å²) in [5, 5.41) is 3.01. The van der Waals surface area contributed by atoms with Gasteiger partial charge in [-0.2, -0.15) is 0 Å². The lowest BCUT2D eigenvalue weighted by atomic mass is 10.3. The van der Waals surface area contributed by atoms with Crippen molar-refractivity contribution in [2.75, 3.05) is 0 Å². The Bertz CT molecular complexity index is 737. The average molecular weight is 322 g/mol. The highest BCUT2D eigenvalue weighted by Gasteiger charge is 2.15. The summed E-state index contributed by atoms with van der Waals surface area (Å²) in [6.45, 7) is 4.70. The van der Waals surface area contributed by atoms with E-state index in [1.54, 1.807) is 11.3 Å². The molecule has 6 heteroatoms. The van der Waals surface area contributed by atoms with Gasteiger partial charge in [0.05, 0.1) is 24.0 Å². The molecule has 0 spiro atoms. The van der Waals surface area contributed by atoms with Crippen LogP contribution < -0.4 is 4.74 Å². The average Bonchev–Trinajstić information content (AvgIpc) is 3.07. The van der Waals surface area contributed by atoms with Gasteiger partial charge in [0.2, 0.25) is 0 Å². The largest absolute Gasteiger partial charge is 0.489 e. The normalized spacial score (nSPS) is 11.4. The molecule has 0 N–H and O–H groups in total. The molecule has 0 atom stereocenters. The first-order valence-corrected chi connectivity index (χ1v) is 8.19. The summed E-state index contributed by atoms with van der Waals surface area (Å²) in [6, 6.07) is 5.97. The van der Waals surface area contributed by atoms with E-state index in [-0.39, 0.29) is 6.10 Å². The van der Waals surface area contributed by atoms with Crippen LogP contribution in [0.4, 0.5) is 0 Å². The third-order valence-electron chi connectivity index (χ3n) is 3.08. The van der Waals surface area contributed by atoms with Gasteiger partial charge < -0.3 is 9.30 Å². The number of para-hydroxylation sites is 1. The first-order valence-electron chi connectivity index (χ1n) is 6.78. The number of rotatable bonds is 5. The zero-order valence-corrected chi connectivity index (χ0v) is 13.5. The molecule has 0 bridgehead atoms. The van der Waals surface area contributed by atoms with Crippen molar-refractivity contribution in [3.63, 3.8) is 0 Å². The van der Waals surface area contributed by atoms with E-state index in [0.717, 1.165) is 27.6 Å². The number of hydrogen-bond acceptors (Lipinski definition) is 4. The predicted molar refractivity (Wildman–Crippen MR) is 86.3 cm³/mol. The number of alkyl halides is 1. The smallest absolute Gasteiger partial charge is 0.147 e. The minimum atomic E-state index is 0.110. The second-order valence-electron chi connectivity index (χ2n) is 4.96. The minimum absolute atomic E-state index is 0.110. The second kappa shape index (κ2) is 6.03. The van der Waals surface area contributed by atoms with Crippen LogP contribution in [0.15, 0.2) is 29.8 Å². The molecule has 0 fully saturated rings. The number of imidazole rings is 1. The van der Waals surface area contributed by atoms with E-state index in [9.17, 15) is 0 Å². The van der Waals surface area contributed by atoms with E-state index < -0.39 is 0 Å². The van der Waals surface area contributed by atoms with Gasteiger partial charge in [0.15, 0.2) is 0 Å². The van der Waals surface area contributed by atoms with Crippen LogP contribution in [0.1, 0.15) is 24.7 Å². The summed E-state index contributed by atoms with van der Waals surface area (Å²) in [5.41, 5.74) is 1.89. The zero-order valence-electron chi connectivity index (χ0n) is 11.9. The minimum Gasteiger partial charge on any atom is -0.489 e. The van der Waals surface area contributed by atoms with Crippen LogP contribution >= 0.6 is 22.9 Å². The van der Waals surface area contributed by atoms with Gasteiger partial charge in [-0.1, -0.05) is 6.07 Å². The van der Waals surface area contributed by atoms with Crippen molar-refractivity contribution in [1.82, 2.24) is 14.5 Å². The Balaban J connectivity index is 2.10. The Morgan fingerprint density at radius 2 is 2.24 bits per heavy atom. The van der Waals surface area contributed by atoms with Crippen LogP contribution in [0, 0.1) is 0 Å². The van der Waals surface area contributed by atoms with Crippen LogP contribution in [0.5, 0.6) is 5.75 Å². The van der Waals surface area contributed by atoms with Crippen LogP contribution in [0.25, 0.3) is 11.0 Å². The predicted octanol–water partition coefficient (Wildman–Crippen LogP) is 4.07. The maximum Gasteiger partial charge on any atom is 0.147 e. The van der Waals surface area contributed by atoms with Crippen molar-refractivity contribution in [1.29, 1.82) is 0 Å². The number of halogens is 1. The van der Waals surface area contributed by atoms with E-state index in [4.69, 9.17) is 16.3 Å². The van der Waals surface area contributed by atoms with Crippen molar-refractivity contribution < 1.29 is 4.74 Å². The highest BCUT2D eigenvalue weighted by Crippen LogP contribution is 2.28. The lowest BCUT2D eigenvalue weighted by Gasteiger charge is -2.10. The number of aromatic nitrogens is 3. The van der Waals surface area contributed by atoms with Crippen molar-refractivity contribution in [2.24, 2.45) is 0 Å². The summed E-state index contributed by atoms with van der Waals surface area (Å²) in [6.07, 6.45) is 1.92. The molecule has 0 saturated heterocycles. The molecule has 0 saturated carbocycles. The van der Waals surface area contributed by atoms with Gasteiger partial charge in [0.1, 0.15) is 22.1 Å². The fraction of sp³-hybridized carbons (Fsp3) is 0.333. The maximum atomic E-state index is 6.06. The maximum absolute atomic E-state index is 6.06. The molecule has 110 valence electrons. The standard InChI is InChI=1S/C15H16ClN3OS/c1-10(2)20-12-5-3-4-11-15(12)18-13(8-16)19(11)9-14-17-6-7-21-14/h3-7,10H,8-9H2,1-2H3. The van der Waals surface area contributed by atoms with Gasteiger partial charge in [-0.3, -0.25) is 0 Å². The Morgan fingerprint density at radius 3 is 2.90 bits per heavy atom. The molecule has 1 aromatic carbocycles. The lowest BCUT2D eigenvalue weighted by Crippen LogP contribution is -2.06. The van der Waals surface area contributed by atoms with Crippen LogP contribution in [0.3, 0.4) is 0 Å². The van der Waals surface area contributed by atoms with Crippen molar-refractivity contribution in [3.05, 3.63) is 40.6 Å². The Hall–Kier alpha value is -1.59.